The molecule has 0 unspecified atom stereocenters. The summed E-state index contributed by atoms with van der Waals surface area (Å²) in [5.41, 5.74) is 0.982. The predicted molar refractivity (Wildman–Crippen MR) is 66.8 cm³/mol. The predicted octanol–water partition coefficient (Wildman–Crippen LogP) is 1.43. The molecule has 0 rings (SSSR count). The van der Waals surface area contributed by atoms with Crippen LogP contribution in [0.2, 0.25) is 0 Å². The molecule has 0 aromatic rings. The molecule has 0 atom stereocenters. The Bertz CT molecular complexity index is 382. The molecule has 16 heavy (non-hydrogen) atoms. The lowest BCUT2D eigenvalue weighted by molar-refractivity contribution is 0.886. The Balaban J connectivity index is 4.13. The fraction of sp³-hybridized carbons (Fsp3) is 0.0909. The summed E-state index contributed by atoms with van der Waals surface area (Å²) < 4.78 is 0. The molecule has 0 saturated heterocycles. The molecule has 0 aliphatic heterocycles. The van der Waals surface area contributed by atoms with E-state index in [1.54, 1.807) is 12.3 Å². The number of nitrogens with zero attached hydrogens (tertiary/aromatic N) is 3. The van der Waals surface area contributed by atoms with E-state index in [4.69, 9.17) is 10.7 Å². The number of nitrogens with one attached hydrogen (secondary N) is 2. The molecule has 0 bridgehead atoms. The fourth-order valence-electron chi connectivity index (χ4n) is 0.710. The van der Waals surface area contributed by atoms with Crippen molar-refractivity contribution in [2.75, 3.05) is 6.67 Å². The van der Waals surface area contributed by atoms with E-state index >= 15 is 0 Å². The van der Waals surface area contributed by atoms with Crippen molar-refractivity contribution in [1.82, 2.24) is 5.32 Å². The number of aliphatic imine (C=N–C) groups is 2. The maximum atomic E-state index is 8.49. The number of hydrogen-bond donors (Lipinski definition) is 2. The van der Waals surface area contributed by atoms with Gasteiger partial charge in [0.25, 0.3) is 0 Å². The highest BCUT2D eigenvalue weighted by molar-refractivity contribution is 5.82. The minimum atomic E-state index is 0.238. The average Bonchev–Trinajstić information content (AvgIpc) is 2.32. The highest BCUT2D eigenvalue weighted by Crippen LogP contribution is 1.91. The average molecular weight is 215 g/mol. The van der Waals surface area contributed by atoms with Crippen LogP contribution in [0.15, 0.2) is 46.2 Å². The van der Waals surface area contributed by atoms with E-state index in [-0.39, 0.29) is 5.57 Å². The van der Waals surface area contributed by atoms with Gasteiger partial charge in [-0.25, -0.2) is 0 Å². The first-order valence-corrected chi connectivity index (χ1v) is 4.40. The molecule has 0 aliphatic carbocycles. The van der Waals surface area contributed by atoms with Gasteiger partial charge in [0.2, 0.25) is 0 Å². The van der Waals surface area contributed by atoms with Crippen LogP contribution in [0.25, 0.3) is 0 Å². The zero-order valence-corrected chi connectivity index (χ0v) is 8.85. The first-order chi connectivity index (χ1) is 7.78. The molecule has 2 N–H and O–H groups in total. The zero-order valence-electron chi connectivity index (χ0n) is 8.85. The molecular weight excluding hydrogens is 202 g/mol. The van der Waals surface area contributed by atoms with Gasteiger partial charge in [-0.15, -0.1) is 0 Å². The van der Waals surface area contributed by atoms with Gasteiger partial charge in [0, 0.05) is 30.4 Å². The quantitative estimate of drug-likeness (QED) is 0.291. The third-order valence-corrected chi connectivity index (χ3v) is 1.44. The molecule has 0 aromatic heterocycles. The molecule has 0 radical (unpaired) electrons. The van der Waals surface area contributed by atoms with Crippen LogP contribution in [0, 0.1) is 16.7 Å². The Morgan fingerprint density at radius 3 is 2.81 bits per heavy atom. The van der Waals surface area contributed by atoms with Gasteiger partial charge in [0.15, 0.2) is 0 Å². The van der Waals surface area contributed by atoms with Crippen molar-refractivity contribution in [1.29, 1.82) is 10.7 Å². The van der Waals surface area contributed by atoms with E-state index in [9.17, 15) is 0 Å². The Labute approximate surface area is 94.7 Å². The first-order valence-electron chi connectivity index (χ1n) is 4.40. The van der Waals surface area contributed by atoms with Gasteiger partial charge < -0.3 is 10.7 Å². The largest absolute Gasteiger partial charge is 0.371 e. The van der Waals surface area contributed by atoms with Gasteiger partial charge in [0.1, 0.15) is 12.7 Å². The lowest BCUT2D eigenvalue weighted by Crippen LogP contribution is -2.06. The summed E-state index contributed by atoms with van der Waals surface area (Å²) >= 11 is 0. The molecule has 5 nitrogen and oxygen atoms in total. The molecule has 0 heterocycles. The summed E-state index contributed by atoms with van der Waals surface area (Å²) in [7, 11) is 0. The van der Waals surface area contributed by atoms with E-state index in [1.165, 1.54) is 12.4 Å². The molecule has 0 saturated carbocycles. The Hall–Kier alpha value is -2.48. The van der Waals surface area contributed by atoms with Gasteiger partial charge in [-0.05, 0) is 6.72 Å². The van der Waals surface area contributed by atoms with Crippen molar-refractivity contribution >= 4 is 19.1 Å². The molecule has 0 aliphatic rings. The Kier molecular flexibility index (Phi) is 7.68. The highest BCUT2D eigenvalue weighted by atomic mass is 15.0. The maximum absolute atomic E-state index is 8.49. The topological polar surface area (TPSA) is 84.4 Å². The first kappa shape index (κ1) is 13.5. The second-order valence-electron chi connectivity index (χ2n) is 2.55. The highest BCUT2D eigenvalue weighted by Gasteiger charge is 1.86. The number of nitriles is 1. The van der Waals surface area contributed by atoms with E-state index in [2.05, 4.69) is 28.6 Å². The third-order valence-electron chi connectivity index (χ3n) is 1.44. The molecule has 82 valence electrons. The summed E-state index contributed by atoms with van der Waals surface area (Å²) in [6.07, 6.45) is 7.11. The van der Waals surface area contributed by atoms with Gasteiger partial charge >= 0.3 is 0 Å². The zero-order chi connectivity index (χ0) is 12.2. The van der Waals surface area contributed by atoms with Crippen molar-refractivity contribution in [2.24, 2.45) is 9.98 Å². The Morgan fingerprint density at radius 1 is 1.56 bits per heavy atom. The molecule has 5 heteroatoms. The standard InChI is InChI=1S/C11H13N5/c1-3-10(6-14-2)7-15-9-16-8-11(4-12)5-13/h3-4,6-8,12,16H,1-2,9H2/b10-6-,11-8+,12-4?,15-7-. The molecule has 0 spiro atoms. The van der Waals surface area contributed by atoms with Gasteiger partial charge in [-0.1, -0.05) is 12.7 Å². The van der Waals surface area contributed by atoms with Crippen LogP contribution in [0.4, 0.5) is 0 Å². The SMILES string of the molecule is C=CC(/C=N\CN/C=C(/C#N)C=N)=C/N=C. The van der Waals surface area contributed by atoms with E-state index < -0.39 is 0 Å². The molecule has 0 aromatic carbocycles. The van der Waals surface area contributed by atoms with E-state index in [0.717, 1.165) is 11.8 Å². The monoisotopic (exact) mass is 215 g/mol. The third kappa shape index (κ3) is 6.05. The summed E-state index contributed by atoms with van der Waals surface area (Å²) in [4.78, 5) is 7.59. The molecule has 0 fully saturated rings. The summed E-state index contributed by atoms with van der Waals surface area (Å²) in [6.45, 7) is 7.20. The van der Waals surface area contributed by atoms with Gasteiger partial charge in [-0.2, -0.15) is 5.26 Å². The molecular formula is C11H13N5. The fourth-order valence-corrected chi connectivity index (χ4v) is 0.710. The van der Waals surface area contributed by atoms with Crippen molar-refractivity contribution in [3.63, 3.8) is 0 Å². The van der Waals surface area contributed by atoms with Crippen molar-refractivity contribution < 1.29 is 0 Å². The van der Waals surface area contributed by atoms with Crippen LogP contribution in [-0.4, -0.2) is 25.8 Å². The normalized spacial score (nSPS) is 11.9. The number of rotatable bonds is 7. The van der Waals surface area contributed by atoms with Gasteiger partial charge in [-0.3, -0.25) is 9.98 Å². The Morgan fingerprint density at radius 2 is 2.31 bits per heavy atom. The number of hydrogen-bond acceptors (Lipinski definition) is 5. The maximum Gasteiger partial charge on any atom is 0.107 e. The van der Waals surface area contributed by atoms with E-state index in [1.807, 2.05) is 6.07 Å². The second-order valence-corrected chi connectivity index (χ2v) is 2.55. The van der Waals surface area contributed by atoms with Crippen LogP contribution in [0.1, 0.15) is 0 Å². The molecule has 0 amide bonds. The van der Waals surface area contributed by atoms with Crippen LogP contribution in [0.5, 0.6) is 0 Å². The van der Waals surface area contributed by atoms with Gasteiger partial charge in [0.05, 0.1) is 5.57 Å². The minimum Gasteiger partial charge on any atom is -0.371 e. The van der Waals surface area contributed by atoms with Crippen LogP contribution < -0.4 is 5.32 Å². The van der Waals surface area contributed by atoms with E-state index in [0.29, 0.717) is 6.67 Å². The van der Waals surface area contributed by atoms with Crippen molar-refractivity contribution in [3.8, 4) is 6.07 Å². The lowest BCUT2D eigenvalue weighted by atomic mass is 10.3. The van der Waals surface area contributed by atoms with Crippen molar-refractivity contribution in [3.05, 3.63) is 36.2 Å². The second kappa shape index (κ2) is 9.09. The number of allylic oxidation sites excluding steroid dienone is 3. The summed E-state index contributed by atoms with van der Waals surface area (Å²) in [5.74, 6) is 0. The smallest absolute Gasteiger partial charge is 0.107 e. The van der Waals surface area contributed by atoms with Crippen LogP contribution in [0.3, 0.4) is 0 Å². The summed E-state index contributed by atoms with van der Waals surface area (Å²) in [5, 5.41) is 18.1. The van der Waals surface area contributed by atoms with Crippen LogP contribution >= 0.6 is 0 Å². The van der Waals surface area contributed by atoms with Crippen LogP contribution in [-0.2, 0) is 0 Å². The summed E-state index contributed by atoms with van der Waals surface area (Å²) in [6, 6.07) is 1.84. The van der Waals surface area contributed by atoms with Crippen molar-refractivity contribution in [2.45, 2.75) is 0 Å². The minimum absolute atomic E-state index is 0.238. The lowest BCUT2D eigenvalue weighted by Gasteiger charge is -1.94.